The van der Waals surface area contributed by atoms with Gasteiger partial charge in [0.15, 0.2) is 0 Å². The van der Waals surface area contributed by atoms with E-state index in [-0.39, 0.29) is 40.8 Å². The van der Waals surface area contributed by atoms with Crippen molar-refractivity contribution in [3.8, 4) is 11.1 Å². The maximum atomic E-state index is 14.6. The van der Waals surface area contributed by atoms with E-state index >= 15 is 0 Å². The van der Waals surface area contributed by atoms with Gasteiger partial charge in [-0.25, -0.2) is 30.7 Å². The van der Waals surface area contributed by atoms with Gasteiger partial charge in [0.1, 0.15) is 34.9 Å². The Labute approximate surface area is 246 Å². The van der Waals surface area contributed by atoms with Gasteiger partial charge >= 0.3 is 0 Å². The second-order valence-corrected chi connectivity index (χ2v) is 9.96. The average Bonchev–Trinajstić information content (AvgIpc) is 3.40. The van der Waals surface area contributed by atoms with Crippen LogP contribution in [0.15, 0.2) is 54.7 Å². The zero-order valence-electron chi connectivity index (χ0n) is 23.3. The third-order valence-corrected chi connectivity index (χ3v) is 6.89. The number of benzene rings is 2. The molecule has 0 saturated heterocycles. The smallest absolute Gasteiger partial charge is 0.282 e. The lowest BCUT2D eigenvalue weighted by Crippen LogP contribution is -2.37. The number of hydrogen-bond acceptors (Lipinski definition) is 4. The number of amides is 2. The summed E-state index contributed by atoms with van der Waals surface area (Å²) >= 11 is 0. The molecule has 0 aliphatic carbocycles. The number of halogens is 7. The molecule has 2 atom stereocenters. The lowest BCUT2D eigenvalue weighted by molar-refractivity contribution is -0.125. The Kier molecular flexibility index (Phi) is 9.70. The van der Waals surface area contributed by atoms with Crippen LogP contribution in [0.1, 0.15) is 76.8 Å². The molecule has 4 rings (SSSR count). The summed E-state index contributed by atoms with van der Waals surface area (Å²) in [4.78, 5) is 29.9. The first-order valence-corrected chi connectivity index (χ1v) is 13.3. The minimum atomic E-state index is -3.23. The molecule has 0 spiro atoms. The second-order valence-electron chi connectivity index (χ2n) is 9.96. The van der Waals surface area contributed by atoms with Crippen LogP contribution in [0.25, 0.3) is 11.1 Å². The van der Waals surface area contributed by atoms with Crippen LogP contribution >= 0.6 is 0 Å². The number of primary amides is 1. The predicted octanol–water partition coefficient (Wildman–Crippen LogP) is 6.70. The lowest BCUT2D eigenvalue weighted by Gasteiger charge is -2.25. The van der Waals surface area contributed by atoms with Gasteiger partial charge in [0.2, 0.25) is 5.91 Å². The number of aryl methyl sites for hydroxylation is 1. The van der Waals surface area contributed by atoms with Crippen molar-refractivity contribution in [1.82, 2.24) is 20.1 Å². The van der Waals surface area contributed by atoms with Crippen LogP contribution in [0.4, 0.5) is 30.7 Å². The molecule has 0 radical (unpaired) electrons. The summed E-state index contributed by atoms with van der Waals surface area (Å²) in [5.41, 5.74) is 3.89. The Morgan fingerprint density at radius 2 is 1.66 bits per heavy atom. The molecule has 0 bridgehead atoms. The van der Waals surface area contributed by atoms with Crippen LogP contribution in [-0.2, 0) is 11.2 Å². The Morgan fingerprint density at radius 1 is 0.977 bits per heavy atom. The third-order valence-electron chi connectivity index (χ3n) is 6.89. The summed E-state index contributed by atoms with van der Waals surface area (Å²) in [5.74, 6) is -4.62. The number of aromatic nitrogens is 3. The molecule has 4 aromatic rings. The monoisotopic (exact) mass is 621 g/mol. The number of alkyl halides is 4. The highest BCUT2D eigenvalue weighted by atomic mass is 19.3. The van der Waals surface area contributed by atoms with Gasteiger partial charge in [-0.05, 0) is 72.9 Å². The number of pyridine rings is 1. The number of nitrogens with two attached hydrogens (primary N) is 1. The molecule has 0 saturated carbocycles. The highest BCUT2D eigenvalue weighted by molar-refractivity contribution is 5.95. The largest absolute Gasteiger partial charge is 0.366 e. The van der Waals surface area contributed by atoms with Gasteiger partial charge in [-0.1, -0.05) is 13.0 Å². The van der Waals surface area contributed by atoms with Gasteiger partial charge in [-0.15, -0.1) is 0 Å². The van der Waals surface area contributed by atoms with E-state index in [1.807, 2.05) is 0 Å². The van der Waals surface area contributed by atoms with Crippen LogP contribution in [0.3, 0.4) is 0 Å². The number of hydrogen-bond donors (Lipinski definition) is 2. The van der Waals surface area contributed by atoms with Crippen molar-refractivity contribution in [2.75, 3.05) is 0 Å². The minimum absolute atomic E-state index is 0.0676. The highest BCUT2D eigenvalue weighted by Gasteiger charge is 2.31. The van der Waals surface area contributed by atoms with Gasteiger partial charge in [-0.2, -0.15) is 5.10 Å². The Morgan fingerprint density at radius 3 is 2.25 bits per heavy atom. The summed E-state index contributed by atoms with van der Waals surface area (Å²) < 4.78 is 97.6. The van der Waals surface area contributed by atoms with Crippen molar-refractivity contribution < 1.29 is 40.3 Å². The van der Waals surface area contributed by atoms with E-state index in [1.54, 1.807) is 6.07 Å². The summed E-state index contributed by atoms with van der Waals surface area (Å²) in [6, 6.07) is 6.17. The minimum Gasteiger partial charge on any atom is -0.366 e. The van der Waals surface area contributed by atoms with E-state index in [2.05, 4.69) is 15.4 Å². The van der Waals surface area contributed by atoms with E-state index in [9.17, 15) is 40.3 Å². The topological polar surface area (TPSA) is 103 Å². The van der Waals surface area contributed by atoms with E-state index in [0.29, 0.717) is 16.8 Å². The van der Waals surface area contributed by atoms with E-state index in [4.69, 9.17) is 5.73 Å². The summed E-state index contributed by atoms with van der Waals surface area (Å²) in [5, 5.41) is 6.19. The molecular formula is C30H26F7N5O2. The van der Waals surface area contributed by atoms with E-state index < -0.39 is 71.2 Å². The van der Waals surface area contributed by atoms with Crippen molar-refractivity contribution >= 4 is 11.8 Å². The van der Waals surface area contributed by atoms with Crippen LogP contribution in [0, 0.1) is 24.4 Å². The summed E-state index contributed by atoms with van der Waals surface area (Å²) in [6.45, 7) is 2.86. The van der Waals surface area contributed by atoms with Crippen LogP contribution < -0.4 is 11.1 Å². The first kappa shape index (κ1) is 32.2. The lowest BCUT2D eigenvalue weighted by atomic mass is 9.93. The fourth-order valence-electron chi connectivity index (χ4n) is 4.91. The quantitative estimate of drug-likeness (QED) is 0.182. The van der Waals surface area contributed by atoms with Gasteiger partial charge in [0.25, 0.3) is 18.8 Å². The second kappa shape index (κ2) is 13.3. The molecule has 3 N–H and O–H groups in total. The fraction of sp³-hybridized carbons (Fsp3) is 0.267. The molecule has 2 aromatic heterocycles. The van der Waals surface area contributed by atoms with Crippen molar-refractivity contribution in [2.24, 2.45) is 5.73 Å². The molecule has 2 amide bonds. The molecule has 2 unspecified atom stereocenters. The summed E-state index contributed by atoms with van der Waals surface area (Å²) in [6.07, 6.45) is -5.47. The molecule has 2 aromatic carbocycles. The molecule has 7 nitrogen and oxygen atoms in total. The zero-order chi connectivity index (χ0) is 32.3. The SMILES string of the molecule is CCC(C(=O)NC(Cc1cc(F)cc(F)c1)c1ncccc1-c1cc(C)c(F)c(C(N)=O)c1)n1nc(C(F)F)cc1C(F)F. The maximum absolute atomic E-state index is 14.6. The highest BCUT2D eigenvalue weighted by Crippen LogP contribution is 2.33. The van der Waals surface area contributed by atoms with Crippen molar-refractivity contribution in [1.29, 1.82) is 0 Å². The van der Waals surface area contributed by atoms with Crippen molar-refractivity contribution in [2.45, 2.75) is 51.6 Å². The van der Waals surface area contributed by atoms with Gasteiger partial charge in [0.05, 0.1) is 17.3 Å². The average molecular weight is 622 g/mol. The van der Waals surface area contributed by atoms with Crippen molar-refractivity contribution in [3.05, 3.63) is 106 Å². The maximum Gasteiger partial charge on any atom is 0.282 e. The first-order valence-electron chi connectivity index (χ1n) is 13.3. The number of nitrogens with one attached hydrogen (secondary N) is 1. The van der Waals surface area contributed by atoms with Crippen LogP contribution in [0.2, 0.25) is 0 Å². The molecule has 232 valence electrons. The normalized spacial score (nSPS) is 12.9. The molecule has 14 heteroatoms. The van der Waals surface area contributed by atoms with Gasteiger partial charge < -0.3 is 11.1 Å². The number of carbonyl (C=O) groups excluding carboxylic acids is 2. The molecular weight excluding hydrogens is 595 g/mol. The molecule has 0 aliphatic heterocycles. The standard InChI is InChI=1S/C30H26F7N5O2/c1-3-23(42-24(28(36)37)13-22(41-42)27(34)35)30(44)40-21(10-15-8-17(31)12-18(32)9-15)26-19(5-4-6-39-26)16-7-14(2)25(33)20(11-16)29(38)43/h4-9,11-13,21,23,27-28H,3,10H2,1-2H3,(H2,38,43)(H,40,44). The Hall–Kier alpha value is -4.75. The number of carbonyl (C=O) groups is 2. The number of nitrogens with zero attached hydrogens (tertiary/aromatic N) is 3. The molecule has 2 heterocycles. The van der Waals surface area contributed by atoms with E-state index in [0.717, 1.165) is 12.1 Å². The fourth-order valence-corrected chi connectivity index (χ4v) is 4.91. The zero-order valence-corrected chi connectivity index (χ0v) is 23.3. The van der Waals surface area contributed by atoms with Gasteiger partial charge in [0, 0.05) is 17.8 Å². The Bertz CT molecular complexity index is 1670. The molecule has 0 aliphatic rings. The number of rotatable bonds is 11. The van der Waals surface area contributed by atoms with Gasteiger partial charge in [-0.3, -0.25) is 19.3 Å². The summed E-state index contributed by atoms with van der Waals surface area (Å²) in [7, 11) is 0. The third kappa shape index (κ3) is 6.90. The van der Waals surface area contributed by atoms with Crippen LogP contribution in [0.5, 0.6) is 0 Å². The van der Waals surface area contributed by atoms with Crippen LogP contribution in [-0.4, -0.2) is 26.6 Å². The molecule has 0 fully saturated rings. The molecule has 44 heavy (non-hydrogen) atoms. The first-order chi connectivity index (χ1) is 20.8. The van der Waals surface area contributed by atoms with E-state index in [1.165, 1.54) is 38.2 Å². The predicted molar refractivity (Wildman–Crippen MR) is 145 cm³/mol. The Balaban J connectivity index is 1.83. The van der Waals surface area contributed by atoms with Crippen molar-refractivity contribution in [3.63, 3.8) is 0 Å².